The molecule has 0 radical (unpaired) electrons. The van der Waals surface area contributed by atoms with E-state index >= 15 is 0 Å². The Morgan fingerprint density at radius 3 is 2.46 bits per heavy atom. The number of nitrogens with zero attached hydrogens (tertiary/aromatic N) is 1. The Morgan fingerprint density at radius 2 is 1.88 bits per heavy atom. The molecule has 0 spiro atoms. The summed E-state index contributed by atoms with van der Waals surface area (Å²) in [6.07, 6.45) is 2.00. The fourth-order valence-corrected chi connectivity index (χ4v) is 2.85. The number of carbonyl (C=O) groups excluding carboxylic acids is 2. The van der Waals surface area contributed by atoms with Crippen molar-refractivity contribution in [3.05, 3.63) is 58.5 Å². The lowest BCUT2D eigenvalue weighted by molar-refractivity contribution is -0.127. The van der Waals surface area contributed by atoms with E-state index < -0.39 is 0 Å². The van der Waals surface area contributed by atoms with Crippen LogP contribution in [0.2, 0.25) is 0 Å². The normalized spacial score (nSPS) is 17.1. The second-order valence-electron chi connectivity index (χ2n) is 5.83. The number of hydrogen-bond acceptors (Lipinski definition) is 3. The van der Waals surface area contributed by atoms with Crippen molar-refractivity contribution < 1.29 is 9.59 Å². The largest absolute Gasteiger partial charge is 0.347 e. The van der Waals surface area contributed by atoms with Gasteiger partial charge in [-0.15, -0.1) is 0 Å². The Hall–Kier alpha value is -2.89. The Bertz CT molecular complexity index is 791. The topological polar surface area (TPSA) is 82.3 Å². The van der Waals surface area contributed by atoms with Gasteiger partial charge in [-0.25, -0.2) is 0 Å². The predicted octanol–water partition coefficient (Wildman–Crippen LogP) is 1.39. The van der Waals surface area contributed by atoms with Crippen molar-refractivity contribution >= 4 is 11.8 Å². The van der Waals surface area contributed by atoms with Gasteiger partial charge in [0.15, 0.2) is 0 Å². The summed E-state index contributed by atoms with van der Waals surface area (Å²) in [6.45, 7) is 3.16. The Morgan fingerprint density at radius 1 is 1.17 bits per heavy atom. The van der Waals surface area contributed by atoms with Gasteiger partial charge in [-0.3, -0.25) is 14.4 Å². The van der Waals surface area contributed by atoms with Gasteiger partial charge in [-0.2, -0.15) is 0 Å². The van der Waals surface area contributed by atoms with E-state index in [2.05, 4.69) is 10.3 Å². The van der Waals surface area contributed by atoms with E-state index in [1.54, 1.807) is 29.3 Å². The minimum atomic E-state index is -0.182. The lowest BCUT2D eigenvalue weighted by Crippen LogP contribution is -2.37. The average molecular weight is 325 g/mol. The first kappa shape index (κ1) is 16.0. The summed E-state index contributed by atoms with van der Waals surface area (Å²) in [5.74, 6) is -0.102. The number of pyridine rings is 1. The molecule has 1 atom stereocenters. The Labute approximate surface area is 139 Å². The van der Waals surface area contributed by atoms with Gasteiger partial charge in [0.25, 0.3) is 5.91 Å². The summed E-state index contributed by atoms with van der Waals surface area (Å²) in [5.41, 5.74) is 2.19. The minimum absolute atomic E-state index is 0.0798. The quantitative estimate of drug-likeness (QED) is 0.891. The number of H-pyrrole nitrogens is 1. The van der Waals surface area contributed by atoms with Crippen LogP contribution >= 0.6 is 0 Å². The second-order valence-corrected chi connectivity index (χ2v) is 5.83. The SMILES string of the molecule is CCN1C[C@H](NC(=O)c2ccc(-c3ccc(=O)[nH]c3)cc2)CC1=O. The van der Waals surface area contributed by atoms with Crippen molar-refractivity contribution in [2.45, 2.75) is 19.4 Å². The van der Waals surface area contributed by atoms with Gasteiger partial charge in [0.05, 0.1) is 6.04 Å². The monoisotopic (exact) mass is 325 g/mol. The third kappa shape index (κ3) is 3.37. The first-order chi connectivity index (χ1) is 11.6. The summed E-state index contributed by atoms with van der Waals surface area (Å²) in [4.78, 5) is 39.5. The van der Waals surface area contributed by atoms with E-state index in [0.717, 1.165) is 11.1 Å². The average Bonchev–Trinajstić information content (AvgIpc) is 2.95. The maximum atomic E-state index is 12.3. The first-order valence-corrected chi connectivity index (χ1v) is 7.94. The Kier molecular flexibility index (Phi) is 4.46. The van der Waals surface area contributed by atoms with Gasteiger partial charge >= 0.3 is 0 Å². The highest BCUT2D eigenvalue weighted by Crippen LogP contribution is 2.18. The molecule has 3 rings (SSSR count). The van der Waals surface area contributed by atoms with Crippen LogP contribution < -0.4 is 10.9 Å². The number of rotatable bonds is 4. The molecule has 1 aliphatic heterocycles. The van der Waals surface area contributed by atoms with Gasteiger partial charge in [-0.1, -0.05) is 12.1 Å². The summed E-state index contributed by atoms with van der Waals surface area (Å²) in [7, 11) is 0. The van der Waals surface area contributed by atoms with Crippen molar-refractivity contribution in [1.82, 2.24) is 15.2 Å². The van der Waals surface area contributed by atoms with Crippen molar-refractivity contribution in [2.24, 2.45) is 0 Å². The lowest BCUT2D eigenvalue weighted by atomic mass is 10.1. The van der Waals surface area contributed by atoms with Crippen molar-refractivity contribution in [1.29, 1.82) is 0 Å². The fourth-order valence-electron chi connectivity index (χ4n) is 2.85. The van der Waals surface area contributed by atoms with Gasteiger partial charge < -0.3 is 15.2 Å². The summed E-state index contributed by atoms with van der Waals surface area (Å²) in [5, 5.41) is 2.91. The molecule has 2 N–H and O–H groups in total. The van der Waals surface area contributed by atoms with Gasteiger partial charge in [0.2, 0.25) is 11.5 Å². The van der Waals surface area contributed by atoms with Crippen LogP contribution in [0.15, 0.2) is 47.4 Å². The maximum Gasteiger partial charge on any atom is 0.251 e. The summed E-state index contributed by atoms with van der Waals surface area (Å²) in [6, 6.07) is 10.2. The van der Waals surface area contributed by atoms with Crippen LogP contribution in [0.1, 0.15) is 23.7 Å². The first-order valence-electron chi connectivity index (χ1n) is 7.94. The molecule has 0 saturated carbocycles. The predicted molar refractivity (Wildman–Crippen MR) is 90.6 cm³/mol. The van der Waals surface area contributed by atoms with E-state index in [1.165, 1.54) is 6.07 Å². The summed E-state index contributed by atoms with van der Waals surface area (Å²) < 4.78 is 0. The molecule has 124 valence electrons. The molecule has 2 heterocycles. The molecule has 6 heteroatoms. The lowest BCUT2D eigenvalue weighted by Gasteiger charge is -2.14. The van der Waals surface area contributed by atoms with Crippen LogP contribution in [-0.4, -0.2) is 40.8 Å². The molecule has 1 aliphatic rings. The highest BCUT2D eigenvalue weighted by atomic mass is 16.2. The number of benzene rings is 1. The third-order valence-electron chi connectivity index (χ3n) is 4.20. The highest BCUT2D eigenvalue weighted by molar-refractivity contribution is 5.95. The molecule has 1 aromatic carbocycles. The van der Waals surface area contributed by atoms with E-state index in [0.29, 0.717) is 25.1 Å². The van der Waals surface area contributed by atoms with Crippen molar-refractivity contribution in [3.63, 3.8) is 0 Å². The second kappa shape index (κ2) is 6.70. The van der Waals surface area contributed by atoms with E-state index in [1.807, 2.05) is 19.1 Å². The zero-order valence-electron chi connectivity index (χ0n) is 13.4. The van der Waals surface area contributed by atoms with Crippen LogP contribution in [0.4, 0.5) is 0 Å². The number of aromatic nitrogens is 1. The van der Waals surface area contributed by atoms with E-state index in [-0.39, 0.29) is 23.4 Å². The molecule has 2 amide bonds. The number of aromatic amines is 1. The number of hydrogen-bond donors (Lipinski definition) is 2. The standard InChI is InChI=1S/C18H19N3O3/c1-2-21-11-15(9-17(21)23)20-18(24)13-5-3-12(4-6-13)14-7-8-16(22)19-10-14/h3-8,10,15H,2,9,11H2,1H3,(H,19,22)(H,20,24)/t15-/m1/s1. The van der Waals surface area contributed by atoms with Gasteiger partial charge in [-0.05, 0) is 36.2 Å². The number of carbonyl (C=O) groups is 2. The molecule has 6 nitrogen and oxygen atoms in total. The zero-order chi connectivity index (χ0) is 17.1. The molecule has 2 aromatic rings. The van der Waals surface area contributed by atoms with Gasteiger partial charge in [0, 0.05) is 37.3 Å². The third-order valence-corrected chi connectivity index (χ3v) is 4.20. The smallest absolute Gasteiger partial charge is 0.251 e. The molecule has 0 aliphatic carbocycles. The van der Waals surface area contributed by atoms with Crippen LogP contribution in [0.5, 0.6) is 0 Å². The molecule has 1 aromatic heterocycles. The maximum absolute atomic E-state index is 12.3. The van der Waals surface area contributed by atoms with E-state index in [4.69, 9.17) is 0 Å². The Balaban J connectivity index is 1.67. The van der Waals surface area contributed by atoms with Crippen LogP contribution in [-0.2, 0) is 4.79 Å². The number of amides is 2. The van der Waals surface area contributed by atoms with Gasteiger partial charge in [0.1, 0.15) is 0 Å². The number of likely N-dealkylation sites (tertiary alicyclic amines) is 1. The number of nitrogens with one attached hydrogen (secondary N) is 2. The molecule has 0 bridgehead atoms. The molecule has 1 saturated heterocycles. The molecule has 0 unspecified atom stereocenters. The van der Waals surface area contributed by atoms with Crippen LogP contribution in [0.3, 0.4) is 0 Å². The van der Waals surface area contributed by atoms with Crippen LogP contribution in [0, 0.1) is 0 Å². The van der Waals surface area contributed by atoms with Crippen molar-refractivity contribution in [3.8, 4) is 11.1 Å². The van der Waals surface area contributed by atoms with Crippen molar-refractivity contribution in [2.75, 3.05) is 13.1 Å². The molecular weight excluding hydrogens is 306 g/mol. The molecular formula is C18H19N3O3. The molecule has 1 fully saturated rings. The van der Waals surface area contributed by atoms with Crippen LogP contribution in [0.25, 0.3) is 11.1 Å². The minimum Gasteiger partial charge on any atom is -0.347 e. The zero-order valence-corrected chi connectivity index (χ0v) is 13.4. The molecule has 24 heavy (non-hydrogen) atoms. The van der Waals surface area contributed by atoms with E-state index in [9.17, 15) is 14.4 Å². The summed E-state index contributed by atoms with van der Waals surface area (Å²) >= 11 is 0. The number of likely N-dealkylation sites (N-methyl/N-ethyl adjacent to an activating group) is 1. The highest BCUT2D eigenvalue weighted by Gasteiger charge is 2.29. The fraction of sp³-hybridized carbons (Fsp3) is 0.278.